The smallest absolute Gasteiger partial charge is 0.160 e. The van der Waals surface area contributed by atoms with E-state index in [1.54, 1.807) is 12.4 Å². The van der Waals surface area contributed by atoms with Gasteiger partial charge in [0.2, 0.25) is 0 Å². The SMILES string of the molecule is NNc1cncc(NC2CCOC2)n1. The molecular weight excluding hydrogens is 182 g/mol. The molecule has 0 bridgehead atoms. The number of hydrogen-bond acceptors (Lipinski definition) is 6. The van der Waals surface area contributed by atoms with Gasteiger partial charge in [-0.05, 0) is 6.42 Å². The number of nitrogen functional groups attached to an aromatic ring is 1. The second kappa shape index (κ2) is 4.21. The van der Waals surface area contributed by atoms with E-state index in [2.05, 4.69) is 20.7 Å². The van der Waals surface area contributed by atoms with Crippen molar-refractivity contribution in [3.63, 3.8) is 0 Å². The molecule has 76 valence electrons. The Morgan fingerprint density at radius 1 is 1.43 bits per heavy atom. The van der Waals surface area contributed by atoms with Crippen LogP contribution >= 0.6 is 0 Å². The molecule has 1 aliphatic rings. The standard InChI is InChI=1S/C8H13N5O/c9-13-8-4-10-3-7(12-8)11-6-1-2-14-5-6/h3-4,6H,1-2,5,9H2,(H2,11,12,13). The molecule has 1 aliphatic heterocycles. The predicted octanol–water partition coefficient (Wildman–Crippen LogP) is -0.0370. The quantitative estimate of drug-likeness (QED) is 0.463. The maximum Gasteiger partial charge on any atom is 0.160 e. The van der Waals surface area contributed by atoms with Crippen LogP contribution in [0.25, 0.3) is 0 Å². The summed E-state index contributed by atoms with van der Waals surface area (Å²) < 4.78 is 5.23. The fraction of sp³-hybridized carbons (Fsp3) is 0.500. The molecule has 1 aromatic heterocycles. The zero-order valence-corrected chi connectivity index (χ0v) is 7.73. The maximum atomic E-state index is 5.23. The van der Waals surface area contributed by atoms with Gasteiger partial charge in [-0.2, -0.15) is 0 Å². The topological polar surface area (TPSA) is 85.1 Å². The van der Waals surface area contributed by atoms with E-state index < -0.39 is 0 Å². The van der Waals surface area contributed by atoms with Crippen LogP contribution in [0.4, 0.5) is 11.6 Å². The van der Waals surface area contributed by atoms with Crippen molar-refractivity contribution in [2.45, 2.75) is 12.5 Å². The van der Waals surface area contributed by atoms with E-state index in [4.69, 9.17) is 10.6 Å². The molecule has 0 radical (unpaired) electrons. The van der Waals surface area contributed by atoms with Gasteiger partial charge >= 0.3 is 0 Å². The van der Waals surface area contributed by atoms with Gasteiger partial charge in [0, 0.05) is 6.61 Å². The van der Waals surface area contributed by atoms with Crippen molar-refractivity contribution < 1.29 is 4.74 Å². The van der Waals surface area contributed by atoms with Crippen molar-refractivity contribution in [2.24, 2.45) is 5.84 Å². The summed E-state index contributed by atoms with van der Waals surface area (Å²) in [5, 5.41) is 3.22. The van der Waals surface area contributed by atoms with Gasteiger partial charge in [0.1, 0.15) is 5.82 Å². The van der Waals surface area contributed by atoms with Crippen molar-refractivity contribution in [1.82, 2.24) is 9.97 Å². The largest absolute Gasteiger partial charge is 0.379 e. The van der Waals surface area contributed by atoms with E-state index in [1.165, 1.54) is 0 Å². The van der Waals surface area contributed by atoms with Crippen LogP contribution in [0.1, 0.15) is 6.42 Å². The number of anilines is 2. The monoisotopic (exact) mass is 195 g/mol. The van der Waals surface area contributed by atoms with E-state index in [-0.39, 0.29) is 0 Å². The second-order valence-corrected chi connectivity index (χ2v) is 3.14. The summed E-state index contributed by atoms with van der Waals surface area (Å²) in [6.45, 7) is 1.53. The highest BCUT2D eigenvalue weighted by atomic mass is 16.5. The van der Waals surface area contributed by atoms with Crippen LogP contribution in [-0.4, -0.2) is 29.2 Å². The van der Waals surface area contributed by atoms with Crippen LogP contribution in [0.15, 0.2) is 12.4 Å². The van der Waals surface area contributed by atoms with Crippen LogP contribution < -0.4 is 16.6 Å². The fourth-order valence-corrected chi connectivity index (χ4v) is 1.36. The first-order valence-electron chi connectivity index (χ1n) is 4.51. The van der Waals surface area contributed by atoms with Crippen molar-refractivity contribution >= 4 is 11.6 Å². The average molecular weight is 195 g/mol. The fourth-order valence-electron chi connectivity index (χ4n) is 1.36. The van der Waals surface area contributed by atoms with E-state index >= 15 is 0 Å². The number of nitrogens with one attached hydrogen (secondary N) is 2. The molecule has 0 amide bonds. The Hall–Kier alpha value is -1.40. The van der Waals surface area contributed by atoms with Gasteiger partial charge in [-0.25, -0.2) is 10.8 Å². The lowest BCUT2D eigenvalue weighted by Gasteiger charge is -2.11. The van der Waals surface area contributed by atoms with Gasteiger partial charge in [0.25, 0.3) is 0 Å². The lowest BCUT2D eigenvalue weighted by atomic mass is 10.3. The average Bonchev–Trinajstić information content (AvgIpc) is 2.71. The molecule has 0 saturated carbocycles. The van der Waals surface area contributed by atoms with Gasteiger partial charge in [0.05, 0.1) is 25.0 Å². The highest BCUT2D eigenvalue weighted by Gasteiger charge is 2.15. The molecule has 1 saturated heterocycles. The number of hydrogen-bond donors (Lipinski definition) is 3. The minimum absolute atomic E-state index is 0.331. The number of hydrazine groups is 1. The van der Waals surface area contributed by atoms with Crippen LogP contribution in [0.5, 0.6) is 0 Å². The first kappa shape index (κ1) is 9.17. The summed E-state index contributed by atoms with van der Waals surface area (Å²) in [5.74, 6) is 6.49. The van der Waals surface area contributed by atoms with Gasteiger partial charge in [-0.15, -0.1) is 0 Å². The van der Waals surface area contributed by atoms with Crippen LogP contribution in [0.2, 0.25) is 0 Å². The Balaban J connectivity index is 2.00. The molecular formula is C8H13N5O. The molecule has 2 heterocycles. The molecule has 1 atom stereocenters. The first-order chi connectivity index (χ1) is 6.88. The van der Waals surface area contributed by atoms with Crippen molar-refractivity contribution in [1.29, 1.82) is 0 Å². The molecule has 0 aliphatic carbocycles. The second-order valence-electron chi connectivity index (χ2n) is 3.14. The first-order valence-corrected chi connectivity index (χ1v) is 4.51. The van der Waals surface area contributed by atoms with Gasteiger partial charge < -0.3 is 15.5 Å². The number of nitrogens with two attached hydrogens (primary N) is 1. The lowest BCUT2D eigenvalue weighted by molar-refractivity contribution is 0.195. The number of aromatic nitrogens is 2. The van der Waals surface area contributed by atoms with Crippen LogP contribution in [0.3, 0.4) is 0 Å². The molecule has 2 rings (SSSR count). The van der Waals surface area contributed by atoms with Crippen LogP contribution in [0, 0.1) is 0 Å². The Morgan fingerprint density at radius 3 is 3.00 bits per heavy atom. The number of nitrogens with zero attached hydrogens (tertiary/aromatic N) is 2. The summed E-state index contributed by atoms with van der Waals surface area (Å²) in [6.07, 6.45) is 4.23. The highest BCUT2D eigenvalue weighted by Crippen LogP contribution is 2.11. The Kier molecular flexibility index (Phi) is 2.76. The Morgan fingerprint density at radius 2 is 2.29 bits per heavy atom. The van der Waals surface area contributed by atoms with E-state index in [9.17, 15) is 0 Å². The lowest BCUT2D eigenvalue weighted by Crippen LogP contribution is -2.20. The van der Waals surface area contributed by atoms with Gasteiger partial charge in [-0.3, -0.25) is 4.98 Å². The normalized spacial score (nSPS) is 20.8. The summed E-state index contributed by atoms with van der Waals surface area (Å²) in [7, 11) is 0. The third-order valence-corrected chi connectivity index (χ3v) is 2.06. The summed E-state index contributed by atoms with van der Waals surface area (Å²) in [5.41, 5.74) is 2.45. The number of ether oxygens (including phenoxy) is 1. The molecule has 14 heavy (non-hydrogen) atoms. The molecule has 6 nitrogen and oxygen atoms in total. The van der Waals surface area contributed by atoms with E-state index in [1.807, 2.05) is 0 Å². The van der Waals surface area contributed by atoms with Crippen molar-refractivity contribution in [3.8, 4) is 0 Å². The summed E-state index contributed by atoms with van der Waals surface area (Å²) in [6, 6.07) is 0.331. The maximum absolute atomic E-state index is 5.23. The Labute approximate surface area is 81.8 Å². The summed E-state index contributed by atoms with van der Waals surface area (Å²) >= 11 is 0. The third-order valence-electron chi connectivity index (χ3n) is 2.06. The zero-order valence-electron chi connectivity index (χ0n) is 7.73. The minimum atomic E-state index is 0.331. The number of rotatable bonds is 3. The van der Waals surface area contributed by atoms with Crippen LogP contribution in [-0.2, 0) is 4.74 Å². The molecule has 1 aromatic rings. The predicted molar refractivity (Wildman–Crippen MR) is 52.7 cm³/mol. The molecule has 4 N–H and O–H groups in total. The minimum Gasteiger partial charge on any atom is -0.379 e. The molecule has 1 unspecified atom stereocenters. The molecule has 1 fully saturated rings. The third kappa shape index (κ3) is 2.09. The van der Waals surface area contributed by atoms with Gasteiger partial charge in [0.15, 0.2) is 5.82 Å². The molecule has 0 spiro atoms. The van der Waals surface area contributed by atoms with E-state index in [0.29, 0.717) is 11.9 Å². The van der Waals surface area contributed by atoms with E-state index in [0.717, 1.165) is 25.5 Å². The highest BCUT2D eigenvalue weighted by molar-refractivity contribution is 5.41. The zero-order chi connectivity index (χ0) is 9.80. The molecule has 6 heteroatoms. The molecule has 0 aromatic carbocycles. The van der Waals surface area contributed by atoms with Crippen molar-refractivity contribution in [2.75, 3.05) is 24.0 Å². The van der Waals surface area contributed by atoms with Gasteiger partial charge in [-0.1, -0.05) is 0 Å². The summed E-state index contributed by atoms with van der Waals surface area (Å²) in [4.78, 5) is 8.18. The Bertz CT molecular complexity index is 300. The van der Waals surface area contributed by atoms with Crippen molar-refractivity contribution in [3.05, 3.63) is 12.4 Å².